The lowest BCUT2D eigenvalue weighted by molar-refractivity contribution is 0.394. The second-order valence-electron chi connectivity index (χ2n) is 4.61. The molecule has 2 nitrogen and oxygen atoms in total. The van der Waals surface area contributed by atoms with Gasteiger partial charge in [0.05, 0.1) is 12.0 Å². The SMILES string of the molecule is COc1ccc(C2(C(C)N)CC2)c(F)c1SC. The fraction of sp³-hybridized carbons (Fsp3) is 0.538. The number of benzene rings is 1. The fourth-order valence-corrected chi connectivity index (χ4v) is 3.02. The van der Waals surface area contributed by atoms with Gasteiger partial charge in [-0.2, -0.15) is 0 Å². The maximum atomic E-state index is 14.5. The summed E-state index contributed by atoms with van der Waals surface area (Å²) in [5, 5.41) is 0. The highest BCUT2D eigenvalue weighted by Gasteiger charge is 2.49. The van der Waals surface area contributed by atoms with Crippen LogP contribution in [0.2, 0.25) is 0 Å². The third-order valence-corrected chi connectivity index (χ3v) is 4.47. The standard InChI is InChI=1S/C13H18FNOS/c1-8(15)13(6-7-13)9-4-5-10(16-2)12(17-3)11(9)14/h4-5,8H,6-7,15H2,1-3H3. The highest BCUT2D eigenvalue weighted by Crippen LogP contribution is 2.52. The summed E-state index contributed by atoms with van der Waals surface area (Å²) in [6.07, 6.45) is 3.81. The van der Waals surface area contributed by atoms with E-state index in [1.165, 1.54) is 11.8 Å². The van der Waals surface area contributed by atoms with Gasteiger partial charge in [-0.15, -0.1) is 11.8 Å². The molecule has 0 saturated heterocycles. The van der Waals surface area contributed by atoms with E-state index in [2.05, 4.69) is 0 Å². The minimum Gasteiger partial charge on any atom is -0.495 e. The maximum Gasteiger partial charge on any atom is 0.144 e. The molecule has 0 heterocycles. The van der Waals surface area contributed by atoms with Crippen LogP contribution in [0.15, 0.2) is 17.0 Å². The molecule has 0 amide bonds. The Morgan fingerprint density at radius 1 is 1.47 bits per heavy atom. The Morgan fingerprint density at radius 3 is 2.53 bits per heavy atom. The van der Waals surface area contributed by atoms with Crippen molar-refractivity contribution in [1.82, 2.24) is 0 Å². The van der Waals surface area contributed by atoms with Gasteiger partial charge in [-0.1, -0.05) is 6.07 Å². The number of hydrogen-bond acceptors (Lipinski definition) is 3. The van der Waals surface area contributed by atoms with Gasteiger partial charge in [-0.25, -0.2) is 4.39 Å². The number of rotatable bonds is 4. The van der Waals surface area contributed by atoms with Crippen LogP contribution >= 0.6 is 11.8 Å². The first-order valence-electron chi connectivity index (χ1n) is 5.73. The predicted octanol–water partition coefficient (Wildman–Crippen LogP) is 2.94. The van der Waals surface area contributed by atoms with E-state index in [0.717, 1.165) is 18.4 Å². The first-order chi connectivity index (χ1) is 8.06. The van der Waals surface area contributed by atoms with Gasteiger partial charge in [0, 0.05) is 11.5 Å². The molecule has 17 heavy (non-hydrogen) atoms. The maximum absolute atomic E-state index is 14.5. The zero-order valence-electron chi connectivity index (χ0n) is 10.4. The molecule has 0 aliphatic heterocycles. The summed E-state index contributed by atoms with van der Waals surface area (Å²) in [6, 6.07) is 3.65. The molecule has 1 saturated carbocycles. The molecule has 2 rings (SSSR count). The summed E-state index contributed by atoms with van der Waals surface area (Å²) in [7, 11) is 1.56. The molecule has 0 radical (unpaired) electrons. The van der Waals surface area contributed by atoms with Crippen molar-refractivity contribution in [1.29, 1.82) is 0 Å². The first kappa shape index (κ1) is 12.7. The van der Waals surface area contributed by atoms with Crippen molar-refractivity contribution < 1.29 is 9.13 Å². The second kappa shape index (κ2) is 4.50. The van der Waals surface area contributed by atoms with Crippen LogP contribution in [-0.2, 0) is 5.41 Å². The van der Waals surface area contributed by atoms with E-state index < -0.39 is 0 Å². The average Bonchev–Trinajstić information content (AvgIpc) is 3.09. The van der Waals surface area contributed by atoms with E-state index in [1.54, 1.807) is 7.11 Å². The van der Waals surface area contributed by atoms with Crippen LogP contribution in [0.3, 0.4) is 0 Å². The summed E-state index contributed by atoms with van der Waals surface area (Å²) in [5.74, 6) is 0.436. The summed E-state index contributed by atoms with van der Waals surface area (Å²) in [5.41, 5.74) is 6.59. The van der Waals surface area contributed by atoms with Gasteiger partial charge >= 0.3 is 0 Å². The van der Waals surface area contributed by atoms with E-state index >= 15 is 0 Å². The zero-order chi connectivity index (χ0) is 12.6. The summed E-state index contributed by atoms with van der Waals surface area (Å²) in [6.45, 7) is 1.95. The highest BCUT2D eigenvalue weighted by atomic mass is 32.2. The summed E-state index contributed by atoms with van der Waals surface area (Å²) < 4.78 is 19.6. The molecule has 2 N–H and O–H groups in total. The van der Waals surface area contributed by atoms with Gasteiger partial charge in [0.2, 0.25) is 0 Å². The predicted molar refractivity (Wildman–Crippen MR) is 69.3 cm³/mol. The molecule has 1 aliphatic carbocycles. The normalized spacial score (nSPS) is 18.9. The molecule has 4 heteroatoms. The van der Waals surface area contributed by atoms with Gasteiger partial charge in [0.1, 0.15) is 11.6 Å². The van der Waals surface area contributed by atoms with Gasteiger partial charge < -0.3 is 10.5 Å². The Kier molecular flexibility index (Phi) is 3.36. The molecule has 0 aromatic heterocycles. The van der Waals surface area contributed by atoms with Crippen molar-refractivity contribution in [2.75, 3.05) is 13.4 Å². The molecule has 1 unspecified atom stereocenters. The molecule has 94 valence electrons. The number of nitrogens with two attached hydrogens (primary N) is 1. The largest absolute Gasteiger partial charge is 0.495 e. The Morgan fingerprint density at radius 2 is 2.12 bits per heavy atom. The smallest absolute Gasteiger partial charge is 0.144 e. The molecule has 1 aromatic rings. The molecular weight excluding hydrogens is 237 g/mol. The number of thioether (sulfide) groups is 1. The Balaban J connectivity index is 2.50. The van der Waals surface area contributed by atoms with E-state index in [-0.39, 0.29) is 17.3 Å². The van der Waals surface area contributed by atoms with Crippen molar-refractivity contribution in [3.63, 3.8) is 0 Å². The van der Waals surface area contributed by atoms with Crippen LogP contribution in [0.5, 0.6) is 5.75 Å². The third kappa shape index (κ3) is 1.93. The van der Waals surface area contributed by atoms with Crippen molar-refractivity contribution in [3.05, 3.63) is 23.5 Å². The lowest BCUT2D eigenvalue weighted by Gasteiger charge is -2.22. The number of methoxy groups -OCH3 is 1. The van der Waals surface area contributed by atoms with E-state index in [0.29, 0.717) is 10.6 Å². The summed E-state index contributed by atoms with van der Waals surface area (Å²) in [4.78, 5) is 0.580. The Hall–Kier alpha value is -0.740. The molecular formula is C13H18FNOS. The first-order valence-corrected chi connectivity index (χ1v) is 6.96. The Bertz CT molecular complexity index is 430. The molecule has 0 bridgehead atoms. The van der Waals surface area contributed by atoms with Crippen LogP contribution in [0.1, 0.15) is 25.3 Å². The quantitative estimate of drug-likeness (QED) is 0.840. The zero-order valence-corrected chi connectivity index (χ0v) is 11.2. The van der Waals surface area contributed by atoms with Crippen molar-refractivity contribution in [2.45, 2.75) is 36.1 Å². The van der Waals surface area contributed by atoms with Crippen molar-refractivity contribution in [3.8, 4) is 5.75 Å². The van der Waals surface area contributed by atoms with Crippen LogP contribution in [0.4, 0.5) is 4.39 Å². The van der Waals surface area contributed by atoms with Crippen LogP contribution in [0, 0.1) is 5.82 Å². The Labute approximate surface area is 106 Å². The van der Waals surface area contributed by atoms with Crippen molar-refractivity contribution in [2.24, 2.45) is 5.73 Å². The summed E-state index contributed by atoms with van der Waals surface area (Å²) >= 11 is 1.38. The van der Waals surface area contributed by atoms with Gasteiger partial charge in [-0.3, -0.25) is 0 Å². The van der Waals surface area contributed by atoms with Crippen LogP contribution in [-0.4, -0.2) is 19.4 Å². The topological polar surface area (TPSA) is 35.2 Å². The minimum absolute atomic E-state index is 0.0138. The average molecular weight is 255 g/mol. The molecule has 1 fully saturated rings. The lowest BCUT2D eigenvalue weighted by atomic mass is 9.89. The van der Waals surface area contributed by atoms with E-state index in [4.69, 9.17) is 10.5 Å². The molecule has 1 aliphatic rings. The van der Waals surface area contributed by atoms with Crippen LogP contribution in [0.25, 0.3) is 0 Å². The molecule has 1 atom stereocenters. The minimum atomic E-state index is -0.161. The van der Waals surface area contributed by atoms with Gasteiger partial charge in [0.15, 0.2) is 0 Å². The number of ether oxygens (including phenoxy) is 1. The lowest BCUT2D eigenvalue weighted by Crippen LogP contribution is -2.32. The van der Waals surface area contributed by atoms with Crippen LogP contribution < -0.4 is 10.5 Å². The van der Waals surface area contributed by atoms with Gasteiger partial charge in [-0.05, 0) is 37.7 Å². The molecule has 0 spiro atoms. The molecule has 1 aromatic carbocycles. The third-order valence-electron chi connectivity index (χ3n) is 3.68. The van der Waals surface area contributed by atoms with Gasteiger partial charge in [0.25, 0.3) is 0 Å². The van der Waals surface area contributed by atoms with Crippen molar-refractivity contribution >= 4 is 11.8 Å². The fourth-order valence-electron chi connectivity index (χ4n) is 2.38. The second-order valence-corrected chi connectivity index (χ2v) is 5.42. The monoisotopic (exact) mass is 255 g/mol. The van der Waals surface area contributed by atoms with E-state index in [1.807, 2.05) is 25.3 Å². The van der Waals surface area contributed by atoms with E-state index in [9.17, 15) is 4.39 Å². The highest BCUT2D eigenvalue weighted by molar-refractivity contribution is 7.98. The number of halogens is 1. The number of hydrogen-bond donors (Lipinski definition) is 1.